The SMILES string of the molecule is O=S(=O)(F)N1CCCC1c1ncc(-c2ccc3c(c2)OCO3)[nH]1. The topological polar surface area (TPSA) is 84.5 Å². The summed E-state index contributed by atoms with van der Waals surface area (Å²) in [5.74, 6) is 1.77. The van der Waals surface area contributed by atoms with Crippen molar-refractivity contribution in [2.75, 3.05) is 13.3 Å². The Morgan fingerprint density at radius 2 is 2.13 bits per heavy atom. The van der Waals surface area contributed by atoms with Crippen LogP contribution in [-0.2, 0) is 10.4 Å². The molecule has 1 saturated heterocycles. The maximum atomic E-state index is 13.3. The molecule has 0 spiro atoms. The molecule has 9 heteroatoms. The van der Waals surface area contributed by atoms with E-state index in [2.05, 4.69) is 9.97 Å². The van der Waals surface area contributed by atoms with Gasteiger partial charge in [-0.3, -0.25) is 0 Å². The molecular formula is C14H14FN3O4S. The molecule has 1 fully saturated rings. The van der Waals surface area contributed by atoms with E-state index in [1.807, 2.05) is 12.1 Å². The van der Waals surface area contributed by atoms with Gasteiger partial charge in [-0.2, -0.15) is 12.7 Å². The third-order valence-corrected chi connectivity index (χ3v) is 5.08. The van der Waals surface area contributed by atoms with Crippen LogP contribution in [0.25, 0.3) is 11.3 Å². The molecule has 3 heterocycles. The number of hydrogen-bond donors (Lipinski definition) is 1. The Balaban J connectivity index is 1.64. The molecule has 1 unspecified atom stereocenters. The zero-order valence-corrected chi connectivity index (χ0v) is 12.8. The summed E-state index contributed by atoms with van der Waals surface area (Å²) in [4.78, 5) is 7.32. The molecule has 2 aromatic rings. The molecule has 0 aliphatic carbocycles. The predicted molar refractivity (Wildman–Crippen MR) is 78.9 cm³/mol. The predicted octanol–water partition coefficient (Wildman–Crippen LogP) is 2.16. The van der Waals surface area contributed by atoms with Gasteiger partial charge in [0.2, 0.25) is 6.79 Å². The lowest BCUT2D eigenvalue weighted by atomic mass is 10.1. The highest BCUT2D eigenvalue weighted by atomic mass is 32.3. The van der Waals surface area contributed by atoms with E-state index in [1.165, 1.54) is 0 Å². The number of ether oxygens (including phenoxy) is 2. The van der Waals surface area contributed by atoms with Crippen molar-refractivity contribution in [2.24, 2.45) is 0 Å². The quantitative estimate of drug-likeness (QED) is 0.866. The molecule has 0 bridgehead atoms. The Morgan fingerprint density at radius 3 is 2.96 bits per heavy atom. The van der Waals surface area contributed by atoms with Crippen molar-refractivity contribution in [2.45, 2.75) is 18.9 Å². The van der Waals surface area contributed by atoms with Crippen molar-refractivity contribution in [3.8, 4) is 22.8 Å². The molecule has 2 aliphatic rings. The minimum Gasteiger partial charge on any atom is -0.454 e. The number of hydrogen-bond acceptors (Lipinski definition) is 5. The Hall–Kier alpha value is -2.13. The number of benzene rings is 1. The van der Waals surface area contributed by atoms with E-state index in [9.17, 15) is 12.3 Å². The molecule has 4 rings (SSSR count). The van der Waals surface area contributed by atoms with Crippen LogP contribution in [0.5, 0.6) is 11.5 Å². The average Bonchev–Trinajstić information content (AvgIpc) is 3.24. The molecule has 0 radical (unpaired) electrons. The third-order valence-electron chi connectivity index (χ3n) is 4.08. The van der Waals surface area contributed by atoms with Crippen LogP contribution in [0.1, 0.15) is 24.7 Å². The fourth-order valence-corrected chi connectivity index (χ4v) is 3.85. The van der Waals surface area contributed by atoms with Crippen molar-refractivity contribution < 1.29 is 21.8 Å². The minimum atomic E-state index is -4.73. The molecule has 1 atom stereocenters. The van der Waals surface area contributed by atoms with Crippen LogP contribution in [0.2, 0.25) is 0 Å². The van der Waals surface area contributed by atoms with Crippen molar-refractivity contribution in [3.63, 3.8) is 0 Å². The fourth-order valence-electron chi connectivity index (χ4n) is 2.99. The van der Waals surface area contributed by atoms with Gasteiger partial charge in [0.05, 0.1) is 17.9 Å². The Kier molecular flexibility index (Phi) is 3.27. The summed E-state index contributed by atoms with van der Waals surface area (Å²) in [6, 6.07) is 4.88. The Bertz CT molecular complexity index is 851. The number of H-pyrrole nitrogens is 1. The highest BCUT2D eigenvalue weighted by Gasteiger charge is 2.36. The maximum Gasteiger partial charge on any atom is 0.375 e. The Morgan fingerprint density at radius 1 is 1.30 bits per heavy atom. The lowest BCUT2D eigenvalue weighted by Gasteiger charge is -2.17. The lowest BCUT2D eigenvalue weighted by Crippen LogP contribution is -2.27. The maximum absolute atomic E-state index is 13.3. The summed E-state index contributed by atoms with van der Waals surface area (Å²) in [5, 5.41) is 0. The smallest absolute Gasteiger partial charge is 0.375 e. The van der Waals surface area contributed by atoms with E-state index in [-0.39, 0.29) is 13.3 Å². The van der Waals surface area contributed by atoms with Gasteiger partial charge in [-0.15, -0.1) is 0 Å². The van der Waals surface area contributed by atoms with E-state index in [0.29, 0.717) is 35.9 Å². The molecular weight excluding hydrogens is 325 g/mol. The van der Waals surface area contributed by atoms with Gasteiger partial charge in [-0.25, -0.2) is 4.98 Å². The molecule has 0 amide bonds. The number of nitrogens with zero attached hydrogens (tertiary/aromatic N) is 2. The molecule has 1 aromatic heterocycles. The minimum absolute atomic E-state index is 0.170. The van der Waals surface area contributed by atoms with E-state index in [0.717, 1.165) is 9.87 Å². The summed E-state index contributed by atoms with van der Waals surface area (Å²) in [6.45, 7) is 0.363. The first-order valence-corrected chi connectivity index (χ1v) is 8.53. The standard InChI is InChI=1S/C14H14FN3O4S/c15-23(19,20)18-5-1-2-11(18)14-16-7-10(17-14)9-3-4-12-13(6-9)22-8-21-12/h3-4,6-7,11H,1-2,5,8H2,(H,16,17). The van der Waals surface area contributed by atoms with Crippen LogP contribution < -0.4 is 9.47 Å². The summed E-state index contributed by atoms with van der Waals surface area (Å²) in [6.07, 6.45) is 2.75. The number of nitrogens with one attached hydrogen (secondary N) is 1. The van der Waals surface area contributed by atoms with Crippen LogP contribution in [0.15, 0.2) is 24.4 Å². The van der Waals surface area contributed by atoms with Gasteiger partial charge >= 0.3 is 10.4 Å². The molecule has 23 heavy (non-hydrogen) atoms. The van der Waals surface area contributed by atoms with Crippen molar-refractivity contribution in [3.05, 3.63) is 30.2 Å². The van der Waals surface area contributed by atoms with Crippen molar-refractivity contribution in [1.29, 1.82) is 0 Å². The molecule has 7 nitrogen and oxygen atoms in total. The van der Waals surface area contributed by atoms with E-state index in [1.54, 1.807) is 12.3 Å². The number of aromatic nitrogens is 2. The first-order valence-electron chi connectivity index (χ1n) is 7.19. The number of halogens is 1. The summed E-state index contributed by atoms with van der Waals surface area (Å²) in [7, 11) is -4.73. The van der Waals surface area contributed by atoms with E-state index < -0.39 is 16.5 Å². The average molecular weight is 339 g/mol. The Labute approximate surface area is 132 Å². The van der Waals surface area contributed by atoms with Crippen LogP contribution in [0, 0.1) is 0 Å². The number of aromatic amines is 1. The molecule has 2 aliphatic heterocycles. The second-order valence-corrected chi connectivity index (χ2v) is 6.75. The van der Waals surface area contributed by atoms with Crippen LogP contribution in [-0.4, -0.2) is 36.0 Å². The molecule has 1 aromatic carbocycles. The highest BCUT2D eigenvalue weighted by molar-refractivity contribution is 7.84. The van der Waals surface area contributed by atoms with E-state index in [4.69, 9.17) is 9.47 Å². The zero-order valence-electron chi connectivity index (χ0n) is 12.0. The summed E-state index contributed by atoms with van der Waals surface area (Å²) >= 11 is 0. The van der Waals surface area contributed by atoms with Gasteiger partial charge < -0.3 is 14.5 Å². The van der Waals surface area contributed by atoms with Crippen LogP contribution >= 0.6 is 0 Å². The zero-order chi connectivity index (χ0) is 16.0. The summed E-state index contributed by atoms with van der Waals surface area (Å²) < 4.78 is 47.2. The van der Waals surface area contributed by atoms with Gasteiger partial charge in [0.25, 0.3) is 0 Å². The van der Waals surface area contributed by atoms with Gasteiger partial charge in [0.15, 0.2) is 11.5 Å². The van der Waals surface area contributed by atoms with Gasteiger partial charge in [-0.05, 0) is 31.0 Å². The first kappa shape index (κ1) is 14.5. The third kappa shape index (κ3) is 2.55. The normalized spacial score (nSPS) is 21.0. The molecule has 1 N–H and O–H groups in total. The van der Waals surface area contributed by atoms with Crippen molar-refractivity contribution >= 4 is 10.4 Å². The largest absolute Gasteiger partial charge is 0.454 e. The lowest BCUT2D eigenvalue weighted by molar-refractivity contribution is 0.174. The van der Waals surface area contributed by atoms with Gasteiger partial charge in [0, 0.05) is 12.1 Å². The highest BCUT2D eigenvalue weighted by Crippen LogP contribution is 2.37. The van der Waals surface area contributed by atoms with Gasteiger partial charge in [-0.1, -0.05) is 3.89 Å². The molecule has 122 valence electrons. The fraction of sp³-hybridized carbons (Fsp3) is 0.357. The second-order valence-electron chi connectivity index (χ2n) is 5.46. The number of rotatable bonds is 3. The summed E-state index contributed by atoms with van der Waals surface area (Å²) in [5.41, 5.74) is 1.54. The number of fused-ring (bicyclic) bond motifs is 1. The van der Waals surface area contributed by atoms with Crippen LogP contribution in [0.4, 0.5) is 3.89 Å². The van der Waals surface area contributed by atoms with Crippen molar-refractivity contribution in [1.82, 2.24) is 14.3 Å². The van der Waals surface area contributed by atoms with Gasteiger partial charge in [0.1, 0.15) is 5.82 Å². The molecule has 0 saturated carbocycles. The second kappa shape index (κ2) is 5.20. The van der Waals surface area contributed by atoms with E-state index >= 15 is 0 Å². The monoisotopic (exact) mass is 339 g/mol. The first-order chi connectivity index (χ1) is 11.0. The van der Waals surface area contributed by atoms with Crippen LogP contribution in [0.3, 0.4) is 0 Å². The number of imidazole rings is 1.